The molecule has 0 radical (unpaired) electrons. The largest absolute Gasteiger partial charge is 0.459 e. The van der Waals surface area contributed by atoms with Crippen molar-refractivity contribution < 1.29 is 22.7 Å². The highest BCUT2D eigenvalue weighted by Crippen LogP contribution is 2.35. The van der Waals surface area contributed by atoms with Gasteiger partial charge in [-0.3, -0.25) is 9.48 Å². The molecular weight excluding hydrogens is 285 g/mol. The lowest BCUT2D eigenvalue weighted by molar-refractivity contribution is -0.156. The highest BCUT2D eigenvalue weighted by molar-refractivity contribution is 5.69. The molecule has 0 amide bonds. The lowest BCUT2D eigenvalue weighted by Crippen LogP contribution is -2.27. The standard InChI is InChI=1S/C14H19F3N2O2/c1-13(2,3)21-11(20)8-19-10-7-5-4-6-9(10)12(18-19)14(15,16)17/h4-8H2,1-3H3. The SMILES string of the molecule is CC(C)(C)OC(=O)Cn1nc(C(F)(F)F)c2c1CCCC2. The Morgan fingerprint density at radius 3 is 2.43 bits per heavy atom. The topological polar surface area (TPSA) is 44.1 Å². The predicted octanol–water partition coefficient (Wildman–Crippen LogP) is 3.12. The minimum atomic E-state index is -4.49. The summed E-state index contributed by atoms with van der Waals surface area (Å²) in [5.41, 5.74) is -0.783. The number of ether oxygens (including phenoxy) is 1. The van der Waals surface area contributed by atoms with Crippen LogP contribution in [-0.2, 0) is 35.1 Å². The van der Waals surface area contributed by atoms with Gasteiger partial charge in [-0.15, -0.1) is 0 Å². The summed E-state index contributed by atoms with van der Waals surface area (Å²) < 4.78 is 45.3. The Morgan fingerprint density at radius 2 is 1.86 bits per heavy atom. The van der Waals surface area contributed by atoms with E-state index in [-0.39, 0.29) is 12.1 Å². The van der Waals surface area contributed by atoms with Gasteiger partial charge in [-0.2, -0.15) is 18.3 Å². The van der Waals surface area contributed by atoms with Crippen LogP contribution in [0.3, 0.4) is 0 Å². The summed E-state index contributed by atoms with van der Waals surface area (Å²) in [5.74, 6) is -0.577. The zero-order valence-corrected chi connectivity index (χ0v) is 12.4. The van der Waals surface area contributed by atoms with Crippen molar-refractivity contribution in [2.75, 3.05) is 0 Å². The van der Waals surface area contributed by atoms with E-state index in [2.05, 4.69) is 5.10 Å². The Kier molecular flexibility index (Phi) is 4.04. The first-order valence-corrected chi connectivity index (χ1v) is 6.95. The Balaban J connectivity index is 2.28. The molecular formula is C14H19F3N2O2. The normalized spacial score (nSPS) is 15.7. The van der Waals surface area contributed by atoms with E-state index in [1.54, 1.807) is 20.8 Å². The summed E-state index contributed by atoms with van der Waals surface area (Å²) in [5, 5.41) is 3.62. The molecule has 0 atom stereocenters. The highest BCUT2D eigenvalue weighted by atomic mass is 19.4. The summed E-state index contributed by atoms with van der Waals surface area (Å²) in [4.78, 5) is 11.8. The monoisotopic (exact) mass is 304 g/mol. The molecule has 0 bridgehead atoms. The molecule has 1 aliphatic rings. The first-order chi connectivity index (χ1) is 9.58. The van der Waals surface area contributed by atoms with Crippen LogP contribution in [-0.4, -0.2) is 21.4 Å². The van der Waals surface area contributed by atoms with Crippen molar-refractivity contribution >= 4 is 5.97 Å². The maximum absolute atomic E-state index is 13.0. The van der Waals surface area contributed by atoms with Gasteiger partial charge in [0.05, 0.1) is 0 Å². The van der Waals surface area contributed by atoms with Crippen molar-refractivity contribution in [2.45, 2.75) is 64.8 Å². The molecule has 118 valence electrons. The Hall–Kier alpha value is -1.53. The maximum atomic E-state index is 13.0. The first kappa shape index (κ1) is 15.9. The fourth-order valence-corrected chi connectivity index (χ4v) is 2.53. The molecule has 1 aromatic rings. The number of hydrogen-bond donors (Lipinski definition) is 0. The van der Waals surface area contributed by atoms with Gasteiger partial charge in [-0.1, -0.05) is 0 Å². The molecule has 21 heavy (non-hydrogen) atoms. The lowest BCUT2D eigenvalue weighted by Gasteiger charge is -2.20. The van der Waals surface area contributed by atoms with Crippen LogP contribution in [0, 0.1) is 0 Å². The number of nitrogens with zero attached hydrogens (tertiary/aromatic N) is 2. The van der Waals surface area contributed by atoms with E-state index in [9.17, 15) is 18.0 Å². The first-order valence-electron chi connectivity index (χ1n) is 6.95. The van der Waals surface area contributed by atoms with Gasteiger partial charge in [0.2, 0.25) is 0 Å². The smallest absolute Gasteiger partial charge is 0.435 e. The molecule has 4 nitrogen and oxygen atoms in total. The minimum Gasteiger partial charge on any atom is -0.459 e. The van der Waals surface area contributed by atoms with E-state index in [4.69, 9.17) is 4.74 Å². The number of aromatic nitrogens is 2. The van der Waals surface area contributed by atoms with Crippen LogP contribution < -0.4 is 0 Å². The van der Waals surface area contributed by atoms with E-state index in [0.29, 0.717) is 25.0 Å². The number of hydrogen-bond acceptors (Lipinski definition) is 3. The molecule has 0 saturated heterocycles. The van der Waals surface area contributed by atoms with Crippen molar-refractivity contribution in [3.63, 3.8) is 0 Å². The zero-order chi connectivity index (χ0) is 15.8. The summed E-state index contributed by atoms with van der Waals surface area (Å²) >= 11 is 0. The van der Waals surface area contributed by atoms with E-state index in [1.807, 2.05) is 0 Å². The predicted molar refractivity (Wildman–Crippen MR) is 69.7 cm³/mol. The second kappa shape index (κ2) is 5.35. The third-order valence-corrected chi connectivity index (χ3v) is 3.22. The quantitative estimate of drug-likeness (QED) is 0.789. The van der Waals surface area contributed by atoms with Gasteiger partial charge in [-0.25, -0.2) is 0 Å². The van der Waals surface area contributed by atoms with Gasteiger partial charge in [0.1, 0.15) is 12.1 Å². The van der Waals surface area contributed by atoms with E-state index in [1.165, 1.54) is 0 Å². The van der Waals surface area contributed by atoms with E-state index >= 15 is 0 Å². The molecule has 1 aromatic heterocycles. The molecule has 0 aliphatic heterocycles. The Bertz CT molecular complexity index is 542. The highest BCUT2D eigenvalue weighted by Gasteiger charge is 2.39. The fraction of sp³-hybridized carbons (Fsp3) is 0.714. The van der Waals surface area contributed by atoms with E-state index in [0.717, 1.165) is 11.1 Å². The van der Waals surface area contributed by atoms with Gasteiger partial charge in [0.15, 0.2) is 5.69 Å². The average molecular weight is 304 g/mol. The van der Waals surface area contributed by atoms with Gasteiger partial charge < -0.3 is 4.74 Å². The number of halogens is 3. The summed E-state index contributed by atoms with van der Waals surface area (Å²) in [7, 11) is 0. The molecule has 0 aromatic carbocycles. The molecule has 1 heterocycles. The number of carbonyl (C=O) groups excluding carboxylic acids is 1. The molecule has 2 rings (SSSR count). The van der Waals surface area contributed by atoms with Crippen molar-refractivity contribution in [1.82, 2.24) is 9.78 Å². The van der Waals surface area contributed by atoms with E-state index < -0.39 is 23.4 Å². The molecule has 0 spiro atoms. The average Bonchev–Trinajstić information content (AvgIpc) is 2.66. The molecule has 0 fully saturated rings. The van der Waals surface area contributed by atoms with Crippen LogP contribution in [0.15, 0.2) is 0 Å². The number of fused-ring (bicyclic) bond motifs is 1. The molecule has 0 unspecified atom stereocenters. The van der Waals surface area contributed by atoms with Crippen molar-refractivity contribution in [3.05, 3.63) is 17.0 Å². The van der Waals surface area contributed by atoms with Crippen LogP contribution in [0.2, 0.25) is 0 Å². The van der Waals surface area contributed by atoms with Crippen LogP contribution in [0.4, 0.5) is 13.2 Å². The Morgan fingerprint density at radius 1 is 1.24 bits per heavy atom. The number of rotatable bonds is 2. The van der Waals surface area contributed by atoms with Gasteiger partial charge >= 0.3 is 12.1 Å². The second-order valence-corrected chi connectivity index (χ2v) is 6.22. The zero-order valence-electron chi connectivity index (χ0n) is 12.4. The second-order valence-electron chi connectivity index (χ2n) is 6.22. The molecule has 1 aliphatic carbocycles. The fourth-order valence-electron chi connectivity index (χ4n) is 2.53. The maximum Gasteiger partial charge on any atom is 0.435 e. The molecule has 7 heteroatoms. The summed E-state index contributed by atoms with van der Waals surface area (Å²) in [6.07, 6.45) is -2.08. The van der Waals surface area contributed by atoms with Crippen LogP contribution in [0.1, 0.15) is 50.6 Å². The third-order valence-electron chi connectivity index (χ3n) is 3.22. The van der Waals surface area contributed by atoms with Crippen LogP contribution in [0.5, 0.6) is 0 Å². The van der Waals surface area contributed by atoms with Gasteiger partial charge in [-0.05, 0) is 46.5 Å². The van der Waals surface area contributed by atoms with Crippen LogP contribution >= 0.6 is 0 Å². The van der Waals surface area contributed by atoms with Crippen LogP contribution in [0.25, 0.3) is 0 Å². The van der Waals surface area contributed by atoms with Gasteiger partial charge in [0, 0.05) is 11.3 Å². The number of esters is 1. The number of carbonyl (C=O) groups is 1. The molecule has 0 N–H and O–H groups in total. The van der Waals surface area contributed by atoms with Crippen molar-refractivity contribution in [2.24, 2.45) is 0 Å². The van der Waals surface area contributed by atoms with Gasteiger partial charge in [0.25, 0.3) is 0 Å². The summed E-state index contributed by atoms with van der Waals surface area (Å²) in [6, 6.07) is 0. The molecule has 0 saturated carbocycles. The van der Waals surface area contributed by atoms with Crippen molar-refractivity contribution in [1.29, 1.82) is 0 Å². The Labute approximate surface area is 121 Å². The minimum absolute atomic E-state index is 0.234. The summed E-state index contributed by atoms with van der Waals surface area (Å²) in [6.45, 7) is 4.86. The number of alkyl halides is 3. The third kappa shape index (κ3) is 3.77. The lowest BCUT2D eigenvalue weighted by atomic mass is 9.95. The van der Waals surface area contributed by atoms with Crippen molar-refractivity contribution in [3.8, 4) is 0 Å².